The van der Waals surface area contributed by atoms with E-state index in [-0.39, 0.29) is 11.9 Å². The molecule has 0 aromatic heterocycles. The molecule has 7 heteroatoms. The van der Waals surface area contributed by atoms with Crippen molar-refractivity contribution in [3.05, 3.63) is 95.0 Å². The summed E-state index contributed by atoms with van der Waals surface area (Å²) in [6.07, 6.45) is 0.372. The molecule has 1 aliphatic heterocycles. The number of urea groups is 1. The van der Waals surface area contributed by atoms with Crippen LogP contribution in [0.25, 0.3) is 0 Å². The number of para-hydroxylation sites is 2. The monoisotopic (exact) mass is 460 g/mol. The highest BCUT2D eigenvalue weighted by atomic mass is 35.5. The van der Waals surface area contributed by atoms with Gasteiger partial charge in [-0.3, -0.25) is 14.7 Å². The van der Waals surface area contributed by atoms with Crippen LogP contribution in [0, 0.1) is 0 Å². The molecule has 3 amide bonds. The van der Waals surface area contributed by atoms with E-state index in [1.807, 2.05) is 73.7 Å². The van der Waals surface area contributed by atoms with Crippen molar-refractivity contribution in [3.63, 3.8) is 0 Å². The van der Waals surface area contributed by atoms with Crippen LogP contribution in [0.3, 0.4) is 0 Å². The lowest BCUT2D eigenvalue weighted by Crippen LogP contribution is -2.53. The number of carbonyl (C=O) groups is 2. The summed E-state index contributed by atoms with van der Waals surface area (Å²) in [5.41, 5.74) is 4.13. The third kappa shape index (κ3) is 5.79. The van der Waals surface area contributed by atoms with E-state index in [1.54, 1.807) is 17.0 Å². The number of nitrogens with zero attached hydrogens (tertiary/aromatic N) is 2. The molecule has 0 bridgehead atoms. The summed E-state index contributed by atoms with van der Waals surface area (Å²) in [6.45, 7) is 2.57. The molecule has 1 aliphatic rings. The first-order valence-electron chi connectivity index (χ1n) is 10.8. The van der Waals surface area contributed by atoms with Crippen LogP contribution in [0.1, 0.15) is 18.1 Å². The van der Waals surface area contributed by atoms with E-state index in [0.717, 1.165) is 28.2 Å². The first kappa shape index (κ1) is 22.6. The largest absolute Gasteiger partial charge is 0.350 e. The Hall–Kier alpha value is -3.64. The molecule has 1 atom stereocenters. The minimum Gasteiger partial charge on any atom is -0.350 e. The maximum Gasteiger partial charge on any atom is 0.322 e. The first-order valence-corrected chi connectivity index (χ1v) is 11.1. The number of nitrogens with one attached hydrogen (secondary N) is 2. The lowest BCUT2D eigenvalue weighted by atomic mass is 10.0. The molecule has 2 N–H and O–H groups in total. The normalized spacial score (nSPS) is 13.5. The van der Waals surface area contributed by atoms with Crippen molar-refractivity contribution in [2.75, 3.05) is 11.4 Å². The minimum absolute atomic E-state index is 0.261. The maximum atomic E-state index is 13.3. The Labute approximate surface area is 198 Å². The smallest absolute Gasteiger partial charge is 0.322 e. The highest BCUT2D eigenvalue weighted by molar-refractivity contribution is 6.30. The second-order valence-corrected chi connectivity index (χ2v) is 8.40. The Morgan fingerprint density at radius 3 is 2.52 bits per heavy atom. The number of carbonyl (C=O) groups excluding carboxylic acids is 2. The fraction of sp³-hybridized carbons (Fsp3) is 0.192. The fourth-order valence-corrected chi connectivity index (χ4v) is 3.98. The summed E-state index contributed by atoms with van der Waals surface area (Å²) >= 11 is 6.05. The molecule has 0 radical (unpaired) electrons. The predicted molar refractivity (Wildman–Crippen MR) is 132 cm³/mol. The van der Waals surface area contributed by atoms with Gasteiger partial charge in [0, 0.05) is 23.7 Å². The number of amides is 3. The molecule has 1 heterocycles. The summed E-state index contributed by atoms with van der Waals surface area (Å²) in [6, 6.07) is 23.4. The SMILES string of the molecule is CC1=Nc2ccccc2N(C(=O)N[C@@H](Cc2ccccc2)C(=O)NCc2cccc(Cl)c2)C1. The molecule has 0 spiro atoms. The third-order valence-electron chi connectivity index (χ3n) is 5.37. The molecule has 0 unspecified atom stereocenters. The number of hydrogen-bond acceptors (Lipinski definition) is 3. The predicted octanol–water partition coefficient (Wildman–Crippen LogP) is 4.89. The number of anilines is 1. The van der Waals surface area contributed by atoms with E-state index in [9.17, 15) is 9.59 Å². The molecule has 0 fully saturated rings. The van der Waals surface area contributed by atoms with Gasteiger partial charge >= 0.3 is 6.03 Å². The van der Waals surface area contributed by atoms with Crippen molar-refractivity contribution in [2.24, 2.45) is 4.99 Å². The summed E-state index contributed by atoms with van der Waals surface area (Å²) in [5, 5.41) is 6.47. The summed E-state index contributed by atoms with van der Waals surface area (Å²) < 4.78 is 0. The number of aliphatic imine (C=N–C) groups is 1. The van der Waals surface area contributed by atoms with Crippen molar-refractivity contribution in [1.82, 2.24) is 10.6 Å². The van der Waals surface area contributed by atoms with Gasteiger partial charge in [-0.15, -0.1) is 0 Å². The van der Waals surface area contributed by atoms with Gasteiger partial charge in [-0.1, -0.05) is 66.2 Å². The van der Waals surface area contributed by atoms with E-state index in [2.05, 4.69) is 15.6 Å². The van der Waals surface area contributed by atoms with Crippen molar-refractivity contribution in [1.29, 1.82) is 0 Å². The molecular weight excluding hydrogens is 436 g/mol. The number of fused-ring (bicyclic) bond motifs is 1. The summed E-state index contributed by atoms with van der Waals surface area (Å²) in [5.74, 6) is -0.261. The van der Waals surface area contributed by atoms with Gasteiger partial charge in [-0.25, -0.2) is 4.79 Å². The third-order valence-corrected chi connectivity index (χ3v) is 5.60. The minimum atomic E-state index is -0.745. The Balaban J connectivity index is 1.51. The highest BCUT2D eigenvalue weighted by Gasteiger charge is 2.27. The van der Waals surface area contributed by atoms with Gasteiger partial charge in [0.1, 0.15) is 6.04 Å². The van der Waals surface area contributed by atoms with Crippen LogP contribution in [0.15, 0.2) is 83.9 Å². The van der Waals surface area contributed by atoms with Crippen LogP contribution >= 0.6 is 11.6 Å². The molecule has 6 nitrogen and oxygen atoms in total. The van der Waals surface area contributed by atoms with E-state index in [4.69, 9.17) is 11.6 Å². The Morgan fingerprint density at radius 1 is 1.00 bits per heavy atom. The average Bonchev–Trinajstić information content (AvgIpc) is 2.82. The van der Waals surface area contributed by atoms with Gasteiger partial charge in [0.15, 0.2) is 0 Å². The molecule has 0 saturated carbocycles. The molecular formula is C26H25ClN4O2. The lowest BCUT2D eigenvalue weighted by molar-refractivity contribution is -0.123. The van der Waals surface area contributed by atoms with Crippen molar-refractivity contribution in [3.8, 4) is 0 Å². The number of halogens is 1. The number of benzene rings is 3. The second kappa shape index (κ2) is 10.3. The molecule has 168 valence electrons. The van der Waals surface area contributed by atoms with Gasteiger partial charge in [0.25, 0.3) is 0 Å². The fourth-order valence-electron chi connectivity index (χ4n) is 3.77. The second-order valence-electron chi connectivity index (χ2n) is 7.96. The molecule has 33 heavy (non-hydrogen) atoms. The Bertz CT molecular complexity index is 1180. The lowest BCUT2D eigenvalue weighted by Gasteiger charge is -2.29. The van der Waals surface area contributed by atoms with E-state index >= 15 is 0 Å². The molecule has 0 saturated heterocycles. The molecule has 0 aliphatic carbocycles. The van der Waals surface area contributed by atoms with Gasteiger partial charge in [-0.2, -0.15) is 0 Å². The molecule has 4 rings (SSSR count). The molecule has 3 aromatic rings. The maximum absolute atomic E-state index is 13.3. The van der Waals surface area contributed by atoms with E-state index < -0.39 is 6.04 Å². The van der Waals surface area contributed by atoms with Crippen LogP contribution in [-0.4, -0.2) is 30.2 Å². The zero-order valence-corrected chi connectivity index (χ0v) is 19.0. The van der Waals surface area contributed by atoms with Crippen LogP contribution in [-0.2, 0) is 17.8 Å². The number of hydrogen-bond donors (Lipinski definition) is 2. The zero-order valence-electron chi connectivity index (χ0n) is 18.3. The first-order chi connectivity index (χ1) is 16.0. The van der Waals surface area contributed by atoms with Crippen molar-refractivity contribution < 1.29 is 9.59 Å². The Morgan fingerprint density at radius 2 is 1.73 bits per heavy atom. The molecule has 3 aromatic carbocycles. The summed E-state index contributed by atoms with van der Waals surface area (Å²) in [7, 11) is 0. The zero-order chi connectivity index (χ0) is 23.2. The van der Waals surface area contributed by atoms with Gasteiger partial charge in [0.2, 0.25) is 5.91 Å². The van der Waals surface area contributed by atoms with Crippen LogP contribution in [0.2, 0.25) is 5.02 Å². The topological polar surface area (TPSA) is 73.8 Å². The standard InChI is InChI=1S/C26H25ClN4O2/c1-18-17-31(24-13-6-5-12-22(24)29-18)26(33)30-23(15-19-8-3-2-4-9-19)25(32)28-16-20-10-7-11-21(27)14-20/h2-14,23H,15-17H2,1H3,(H,28,32)(H,30,33)/t23-/m0/s1. The van der Waals surface area contributed by atoms with Crippen LogP contribution in [0.5, 0.6) is 0 Å². The van der Waals surface area contributed by atoms with Gasteiger partial charge in [0.05, 0.1) is 17.9 Å². The van der Waals surface area contributed by atoms with Crippen LogP contribution < -0.4 is 15.5 Å². The Kier molecular flexibility index (Phi) is 7.05. The van der Waals surface area contributed by atoms with Crippen molar-refractivity contribution >= 4 is 40.6 Å². The summed E-state index contributed by atoms with van der Waals surface area (Å²) in [4.78, 5) is 32.6. The average molecular weight is 461 g/mol. The van der Waals surface area contributed by atoms with Crippen molar-refractivity contribution in [2.45, 2.75) is 25.9 Å². The van der Waals surface area contributed by atoms with Gasteiger partial charge in [-0.05, 0) is 42.3 Å². The van der Waals surface area contributed by atoms with Gasteiger partial charge < -0.3 is 10.6 Å². The van der Waals surface area contributed by atoms with E-state index in [1.165, 1.54) is 0 Å². The van der Waals surface area contributed by atoms with E-state index in [0.29, 0.717) is 24.5 Å². The highest BCUT2D eigenvalue weighted by Crippen LogP contribution is 2.31. The number of rotatable bonds is 6. The van der Waals surface area contributed by atoms with Crippen LogP contribution in [0.4, 0.5) is 16.2 Å². The quantitative estimate of drug-likeness (QED) is 0.549.